The van der Waals surface area contributed by atoms with Crippen molar-refractivity contribution >= 4 is 11.5 Å². The van der Waals surface area contributed by atoms with Crippen LogP contribution in [0, 0.1) is 13.8 Å². The molecule has 1 N–H and O–H groups in total. The van der Waals surface area contributed by atoms with E-state index < -0.39 is 6.10 Å². The van der Waals surface area contributed by atoms with Gasteiger partial charge in [-0.15, -0.1) is 5.10 Å². The first-order valence-electron chi connectivity index (χ1n) is 6.20. The Hall–Kier alpha value is -1.26. The van der Waals surface area contributed by atoms with E-state index in [-0.39, 0.29) is 0 Å². The molecule has 1 aromatic carbocycles. The Morgan fingerprint density at radius 2 is 2.11 bits per heavy atom. The molecular weight excluding hydrogens is 244 g/mol. The average molecular weight is 262 g/mol. The summed E-state index contributed by atoms with van der Waals surface area (Å²) in [6.45, 7) is 6.21. The first-order valence-corrected chi connectivity index (χ1v) is 6.97. The molecule has 2 aromatic rings. The van der Waals surface area contributed by atoms with Crippen LogP contribution in [-0.4, -0.2) is 14.7 Å². The van der Waals surface area contributed by atoms with Gasteiger partial charge in [0, 0.05) is 0 Å². The van der Waals surface area contributed by atoms with Crippen molar-refractivity contribution in [1.29, 1.82) is 0 Å². The van der Waals surface area contributed by atoms with Gasteiger partial charge in [0.15, 0.2) is 0 Å². The summed E-state index contributed by atoms with van der Waals surface area (Å²) in [6, 6.07) is 6.01. The highest BCUT2D eigenvalue weighted by atomic mass is 32.1. The number of benzene rings is 1. The third-order valence-electron chi connectivity index (χ3n) is 3.26. The minimum atomic E-state index is -0.605. The second-order valence-corrected chi connectivity index (χ2v) is 5.31. The van der Waals surface area contributed by atoms with Crippen molar-refractivity contribution in [3.63, 3.8) is 0 Å². The summed E-state index contributed by atoms with van der Waals surface area (Å²) >= 11 is 1.30. The molecular formula is C14H18N2OS. The zero-order chi connectivity index (χ0) is 13.1. The van der Waals surface area contributed by atoms with Gasteiger partial charge >= 0.3 is 0 Å². The van der Waals surface area contributed by atoms with E-state index in [1.165, 1.54) is 17.1 Å². The molecule has 4 heteroatoms. The van der Waals surface area contributed by atoms with Gasteiger partial charge in [-0.2, -0.15) is 0 Å². The Morgan fingerprint density at radius 1 is 1.33 bits per heavy atom. The minimum absolute atomic E-state index is 0.605. The third-order valence-corrected chi connectivity index (χ3v) is 4.08. The number of nitrogens with zero attached hydrogens (tertiary/aromatic N) is 2. The van der Waals surface area contributed by atoms with Gasteiger partial charge in [0.25, 0.3) is 0 Å². The third kappa shape index (κ3) is 2.44. The molecule has 0 aliphatic heterocycles. The molecule has 0 saturated heterocycles. The smallest absolute Gasteiger partial charge is 0.117 e. The highest BCUT2D eigenvalue weighted by molar-refractivity contribution is 7.05. The SMILES string of the molecule is CCCc1nnsc1C(O)c1cccc(C)c1C. The number of aliphatic hydroxyl groups is 1. The molecule has 0 radical (unpaired) electrons. The minimum Gasteiger partial charge on any atom is -0.383 e. The lowest BCUT2D eigenvalue weighted by atomic mass is 9.97. The van der Waals surface area contributed by atoms with Gasteiger partial charge in [-0.1, -0.05) is 36.0 Å². The van der Waals surface area contributed by atoms with Crippen LogP contribution in [-0.2, 0) is 6.42 Å². The zero-order valence-electron chi connectivity index (χ0n) is 11.0. The number of rotatable bonds is 4. The van der Waals surface area contributed by atoms with Crippen molar-refractivity contribution < 1.29 is 5.11 Å². The molecule has 1 unspecified atom stereocenters. The fourth-order valence-corrected chi connectivity index (χ4v) is 2.75. The summed E-state index contributed by atoms with van der Waals surface area (Å²) < 4.78 is 3.97. The lowest BCUT2D eigenvalue weighted by Crippen LogP contribution is -2.04. The first kappa shape index (κ1) is 13.2. The molecule has 0 fully saturated rings. The largest absolute Gasteiger partial charge is 0.383 e. The Kier molecular flexibility index (Phi) is 4.09. The van der Waals surface area contributed by atoms with E-state index in [0.717, 1.165) is 34.5 Å². The predicted molar refractivity (Wildman–Crippen MR) is 73.9 cm³/mol. The van der Waals surface area contributed by atoms with Gasteiger partial charge in [0.05, 0.1) is 10.6 Å². The Morgan fingerprint density at radius 3 is 2.83 bits per heavy atom. The molecule has 0 spiro atoms. The first-order chi connectivity index (χ1) is 8.65. The summed E-state index contributed by atoms with van der Waals surface area (Å²) in [4.78, 5) is 0.880. The Bertz CT molecular complexity index is 536. The maximum absolute atomic E-state index is 10.5. The second kappa shape index (κ2) is 5.59. The van der Waals surface area contributed by atoms with Crippen molar-refractivity contribution in [2.75, 3.05) is 0 Å². The van der Waals surface area contributed by atoms with Gasteiger partial charge in [-0.3, -0.25) is 0 Å². The summed E-state index contributed by atoms with van der Waals surface area (Å²) in [7, 11) is 0. The van der Waals surface area contributed by atoms with Crippen LogP contribution < -0.4 is 0 Å². The normalized spacial score (nSPS) is 12.7. The summed E-state index contributed by atoms with van der Waals surface area (Å²) in [6.07, 6.45) is 1.28. The highest BCUT2D eigenvalue weighted by Gasteiger charge is 2.20. The van der Waals surface area contributed by atoms with Gasteiger partial charge in [0.1, 0.15) is 6.10 Å². The van der Waals surface area contributed by atoms with E-state index in [2.05, 4.69) is 29.5 Å². The van der Waals surface area contributed by atoms with Crippen LogP contribution in [0.1, 0.15) is 46.7 Å². The lowest BCUT2D eigenvalue weighted by Gasteiger charge is -2.14. The molecule has 0 saturated carbocycles. The van der Waals surface area contributed by atoms with Crippen LogP contribution in [0.4, 0.5) is 0 Å². The van der Waals surface area contributed by atoms with Gasteiger partial charge in [-0.05, 0) is 48.5 Å². The molecule has 0 bridgehead atoms. The van der Waals surface area contributed by atoms with E-state index in [1.54, 1.807) is 0 Å². The number of aliphatic hydroxyl groups excluding tert-OH is 1. The fraction of sp³-hybridized carbons (Fsp3) is 0.429. The fourth-order valence-electron chi connectivity index (χ4n) is 2.04. The number of aryl methyl sites for hydroxylation is 2. The Labute approximate surface area is 112 Å². The standard InChI is InChI=1S/C14H18N2OS/c1-4-6-12-14(18-16-15-12)13(17)11-8-5-7-9(2)10(11)3/h5,7-8,13,17H,4,6H2,1-3H3. The van der Waals surface area contributed by atoms with Crippen LogP contribution >= 0.6 is 11.5 Å². The predicted octanol–water partition coefficient (Wildman–Crippen LogP) is 3.19. The van der Waals surface area contributed by atoms with Crippen molar-refractivity contribution in [1.82, 2.24) is 9.59 Å². The quantitative estimate of drug-likeness (QED) is 0.920. The van der Waals surface area contributed by atoms with E-state index in [9.17, 15) is 5.11 Å². The molecule has 1 aromatic heterocycles. The van der Waals surface area contributed by atoms with Crippen molar-refractivity contribution in [2.45, 2.75) is 39.7 Å². The molecule has 0 aliphatic carbocycles. The molecule has 96 valence electrons. The topological polar surface area (TPSA) is 46.0 Å². The summed E-state index contributed by atoms with van der Waals surface area (Å²) in [5.74, 6) is 0. The molecule has 18 heavy (non-hydrogen) atoms. The lowest BCUT2D eigenvalue weighted by molar-refractivity contribution is 0.222. The van der Waals surface area contributed by atoms with Crippen molar-refractivity contribution in [3.05, 3.63) is 45.5 Å². The van der Waals surface area contributed by atoms with E-state index >= 15 is 0 Å². The second-order valence-electron chi connectivity index (χ2n) is 4.53. The summed E-state index contributed by atoms with van der Waals surface area (Å²) in [5, 5.41) is 14.6. The molecule has 2 rings (SSSR count). The van der Waals surface area contributed by atoms with Crippen molar-refractivity contribution in [2.24, 2.45) is 0 Å². The number of hydrogen-bond donors (Lipinski definition) is 1. The van der Waals surface area contributed by atoms with Crippen LogP contribution in [0.25, 0.3) is 0 Å². The molecule has 1 atom stereocenters. The monoisotopic (exact) mass is 262 g/mol. The van der Waals surface area contributed by atoms with Crippen LogP contribution in [0.2, 0.25) is 0 Å². The van der Waals surface area contributed by atoms with Gasteiger partial charge < -0.3 is 5.11 Å². The van der Waals surface area contributed by atoms with E-state index in [1.807, 2.05) is 19.1 Å². The van der Waals surface area contributed by atoms with Crippen LogP contribution in [0.3, 0.4) is 0 Å². The molecule has 0 amide bonds. The van der Waals surface area contributed by atoms with Crippen LogP contribution in [0.15, 0.2) is 18.2 Å². The van der Waals surface area contributed by atoms with E-state index in [4.69, 9.17) is 0 Å². The van der Waals surface area contributed by atoms with Crippen molar-refractivity contribution in [3.8, 4) is 0 Å². The van der Waals surface area contributed by atoms with Gasteiger partial charge in [-0.25, -0.2) is 0 Å². The molecule has 3 nitrogen and oxygen atoms in total. The average Bonchev–Trinajstić information content (AvgIpc) is 2.80. The molecule has 1 heterocycles. The number of hydrogen-bond acceptors (Lipinski definition) is 4. The Balaban J connectivity index is 2.38. The summed E-state index contributed by atoms with van der Waals surface area (Å²) in [5.41, 5.74) is 4.22. The molecule has 0 aliphatic rings. The maximum atomic E-state index is 10.5. The number of aromatic nitrogens is 2. The van der Waals surface area contributed by atoms with E-state index in [0.29, 0.717) is 0 Å². The van der Waals surface area contributed by atoms with Gasteiger partial charge in [0.2, 0.25) is 0 Å². The zero-order valence-corrected chi connectivity index (χ0v) is 11.8. The highest BCUT2D eigenvalue weighted by Crippen LogP contribution is 2.30. The maximum Gasteiger partial charge on any atom is 0.117 e. The van der Waals surface area contributed by atoms with Crippen LogP contribution in [0.5, 0.6) is 0 Å².